The molecule has 6 nitrogen and oxygen atoms in total. The van der Waals surface area contributed by atoms with Crippen molar-refractivity contribution in [3.05, 3.63) is 71.2 Å². The van der Waals surface area contributed by atoms with Crippen molar-refractivity contribution in [2.45, 2.75) is 24.5 Å². The zero-order chi connectivity index (χ0) is 22.4. The zero-order valence-corrected chi connectivity index (χ0v) is 19.1. The lowest BCUT2D eigenvalue weighted by Gasteiger charge is -2.17. The molecule has 0 atom stereocenters. The van der Waals surface area contributed by atoms with E-state index in [1.54, 1.807) is 44.2 Å². The first-order chi connectivity index (χ1) is 14.8. The smallest absolute Gasteiger partial charge is 0.248 e. The van der Waals surface area contributed by atoms with Crippen molar-refractivity contribution in [2.24, 2.45) is 0 Å². The lowest BCUT2D eigenvalue weighted by atomic mass is 10.0. The van der Waals surface area contributed by atoms with Crippen LogP contribution in [0.4, 0.5) is 5.69 Å². The number of anilines is 1. The summed E-state index contributed by atoms with van der Waals surface area (Å²) in [6, 6.07) is 7.73. The van der Waals surface area contributed by atoms with Gasteiger partial charge in [0.25, 0.3) is 0 Å². The molecule has 2 aromatic rings. The number of pyridine rings is 1. The quantitative estimate of drug-likeness (QED) is 0.273. The van der Waals surface area contributed by atoms with E-state index in [-0.39, 0.29) is 5.91 Å². The number of thiol groups is 1. The first-order valence-electron chi connectivity index (χ1n) is 10.3. The van der Waals surface area contributed by atoms with Crippen molar-refractivity contribution in [3.8, 4) is 0 Å². The van der Waals surface area contributed by atoms with Gasteiger partial charge in [-0.15, -0.1) is 9.93 Å². The van der Waals surface area contributed by atoms with E-state index in [4.69, 9.17) is 5.41 Å². The fraction of sp³-hybridized carbons (Fsp3) is 0.292. The number of carbonyl (C=O) groups excluding carboxylic acids is 1. The highest BCUT2D eigenvalue weighted by molar-refractivity contribution is 8.01. The molecule has 31 heavy (non-hydrogen) atoms. The number of hydrogen-bond donors (Lipinski definition) is 4. The van der Waals surface area contributed by atoms with Crippen molar-refractivity contribution < 1.29 is 9.00 Å². The van der Waals surface area contributed by atoms with Crippen LogP contribution in [0.5, 0.6) is 0 Å². The Labute approximate surface area is 184 Å². The van der Waals surface area contributed by atoms with Crippen molar-refractivity contribution in [2.75, 3.05) is 24.9 Å². The molecule has 0 saturated heterocycles. The molecular formula is C24H30N4O2S. The lowest BCUT2D eigenvalue weighted by Crippen LogP contribution is -2.13. The molecule has 0 spiro atoms. The van der Waals surface area contributed by atoms with Gasteiger partial charge >= 0.3 is 0 Å². The van der Waals surface area contributed by atoms with Gasteiger partial charge in [0.15, 0.2) is 0 Å². The van der Waals surface area contributed by atoms with Crippen LogP contribution in [0, 0.1) is 5.41 Å². The predicted molar refractivity (Wildman–Crippen MR) is 131 cm³/mol. The number of amides is 1. The second kappa shape index (κ2) is 9.83. The molecule has 0 bridgehead atoms. The molecule has 1 aromatic carbocycles. The third kappa shape index (κ3) is 6.46. The van der Waals surface area contributed by atoms with Crippen LogP contribution in [0.3, 0.4) is 0 Å². The number of nitrogens with one attached hydrogen (secondary N) is 3. The maximum atomic E-state index is 12.5. The molecular weight excluding hydrogens is 408 g/mol. The predicted octanol–water partition coefficient (Wildman–Crippen LogP) is 3.60. The minimum Gasteiger partial charge on any atom is -0.393 e. The Kier molecular flexibility index (Phi) is 7.17. The first kappa shape index (κ1) is 22.6. The number of nitrogens with zero attached hydrogens (tertiary/aromatic N) is 1. The van der Waals surface area contributed by atoms with E-state index in [1.165, 1.54) is 30.7 Å². The molecule has 1 aliphatic carbocycles. The number of aromatic nitrogens is 1. The van der Waals surface area contributed by atoms with Crippen LogP contribution in [0.1, 0.15) is 41.0 Å². The van der Waals surface area contributed by atoms with E-state index < -0.39 is 9.93 Å². The summed E-state index contributed by atoms with van der Waals surface area (Å²) in [5.41, 5.74) is 5.26. The van der Waals surface area contributed by atoms with E-state index in [0.717, 1.165) is 16.7 Å². The maximum Gasteiger partial charge on any atom is 0.248 e. The summed E-state index contributed by atoms with van der Waals surface area (Å²) in [6.45, 7) is 0. The Morgan fingerprint density at radius 3 is 2.71 bits per heavy atom. The molecule has 0 aliphatic heterocycles. The monoisotopic (exact) mass is 438 g/mol. The largest absolute Gasteiger partial charge is 0.393 e. The van der Waals surface area contributed by atoms with E-state index in [0.29, 0.717) is 22.9 Å². The first-order valence-corrected chi connectivity index (χ1v) is 13.1. The van der Waals surface area contributed by atoms with Gasteiger partial charge in [0.1, 0.15) is 0 Å². The van der Waals surface area contributed by atoms with Crippen molar-refractivity contribution in [3.63, 3.8) is 0 Å². The topological polar surface area (TPSA) is 94.9 Å². The van der Waals surface area contributed by atoms with Gasteiger partial charge in [0.05, 0.1) is 0 Å². The van der Waals surface area contributed by atoms with Gasteiger partial charge in [0, 0.05) is 60.5 Å². The van der Waals surface area contributed by atoms with Crippen LogP contribution in [-0.2, 0) is 20.5 Å². The van der Waals surface area contributed by atoms with Crippen LogP contribution >= 0.6 is 0 Å². The third-order valence-electron chi connectivity index (χ3n) is 5.01. The molecule has 0 radical (unpaired) electrons. The standard InChI is InChI=1S/C24H30N4O2S/c1-26-14-20(13-25)23-10-11-27-15-18(23)6-9-24(29)28-21-7-8-22(17-4-5-17)19(12-21)16-31(2,3)30/h6-15,17,25-26,31H,4-5,16H2,1-3H3,(H,28,29)/b9-6+,20-14+,25-13?. The number of rotatable bonds is 9. The fourth-order valence-electron chi connectivity index (χ4n) is 3.53. The summed E-state index contributed by atoms with van der Waals surface area (Å²) in [4.78, 5) is 16.7. The third-order valence-corrected chi connectivity index (χ3v) is 6.11. The highest BCUT2D eigenvalue weighted by atomic mass is 32.2. The minimum atomic E-state index is -2.22. The summed E-state index contributed by atoms with van der Waals surface area (Å²) in [6.07, 6.45) is 15.4. The van der Waals surface area contributed by atoms with Gasteiger partial charge in [-0.2, -0.15) is 0 Å². The number of allylic oxidation sites excluding steroid dienone is 1. The summed E-state index contributed by atoms with van der Waals surface area (Å²) < 4.78 is 12.4. The van der Waals surface area contributed by atoms with Gasteiger partial charge in [-0.25, -0.2) is 0 Å². The molecule has 1 fully saturated rings. The minimum absolute atomic E-state index is 0.259. The summed E-state index contributed by atoms with van der Waals surface area (Å²) in [5, 5.41) is 13.4. The van der Waals surface area contributed by atoms with Gasteiger partial charge in [-0.3, -0.25) is 14.0 Å². The SMILES string of the molecule is CN/C=C(\C=N)c1ccncc1/C=C/C(=O)Nc1ccc(C2CC2)c(C[SH](C)(C)=O)c1. The normalized spacial score (nSPS) is 15.0. The second-order valence-electron chi connectivity index (χ2n) is 8.24. The Balaban J connectivity index is 1.78. The van der Waals surface area contributed by atoms with E-state index in [2.05, 4.69) is 21.7 Å². The summed E-state index contributed by atoms with van der Waals surface area (Å²) in [5.74, 6) is 0.843. The van der Waals surface area contributed by atoms with E-state index in [1.807, 2.05) is 18.2 Å². The number of benzene rings is 1. The van der Waals surface area contributed by atoms with Crippen LogP contribution in [0.2, 0.25) is 0 Å². The molecule has 3 rings (SSSR count). The Hall–Kier alpha value is -3.06. The molecule has 1 amide bonds. The highest BCUT2D eigenvalue weighted by Crippen LogP contribution is 2.42. The molecule has 1 heterocycles. The van der Waals surface area contributed by atoms with Gasteiger partial charge < -0.3 is 16.0 Å². The van der Waals surface area contributed by atoms with Crippen LogP contribution in [0.25, 0.3) is 11.6 Å². The molecule has 1 aromatic heterocycles. The number of carbonyl (C=O) groups is 1. The van der Waals surface area contributed by atoms with E-state index >= 15 is 0 Å². The molecule has 7 heteroatoms. The van der Waals surface area contributed by atoms with Gasteiger partial charge in [-0.1, -0.05) is 6.07 Å². The van der Waals surface area contributed by atoms with Crippen LogP contribution < -0.4 is 10.6 Å². The Morgan fingerprint density at radius 1 is 1.29 bits per heavy atom. The summed E-state index contributed by atoms with van der Waals surface area (Å²) >= 11 is 0. The molecule has 1 saturated carbocycles. The lowest BCUT2D eigenvalue weighted by molar-refractivity contribution is -0.111. The Bertz CT molecular complexity index is 1080. The average molecular weight is 439 g/mol. The van der Waals surface area contributed by atoms with Gasteiger partial charge in [-0.05, 0) is 72.2 Å². The van der Waals surface area contributed by atoms with Crippen LogP contribution in [0.15, 0.2) is 48.9 Å². The van der Waals surface area contributed by atoms with E-state index in [9.17, 15) is 9.00 Å². The molecule has 1 aliphatic rings. The van der Waals surface area contributed by atoms with Gasteiger partial charge in [0.2, 0.25) is 5.91 Å². The van der Waals surface area contributed by atoms with Crippen molar-refractivity contribution in [1.82, 2.24) is 10.3 Å². The average Bonchev–Trinajstić information content (AvgIpc) is 3.55. The fourth-order valence-corrected chi connectivity index (χ4v) is 4.62. The molecule has 164 valence electrons. The van der Waals surface area contributed by atoms with Crippen molar-refractivity contribution in [1.29, 1.82) is 5.41 Å². The molecule has 3 N–H and O–H groups in total. The Morgan fingerprint density at radius 2 is 2.06 bits per heavy atom. The zero-order valence-electron chi connectivity index (χ0n) is 18.2. The maximum absolute atomic E-state index is 12.5. The highest BCUT2D eigenvalue weighted by Gasteiger charge is 2.26. The second-order valence-corrected chi connectivity index (χ2v) is 11.7. The van der Waals surface area contributed by atoms with Crippen LogP contribution in [-0.4, -0.2) is 40.9 Å². The summed E-state index contributed by atoms with van der Waals surface area (Å²) in [7, 11) is -0.449. The molecule has 0 unspecified atom stereocenters. The van der Waals surface area contributed by atoms with Crippen molar-refractivity contribution >= 4 is 39.4 Å². The number of hydrogen-bond acceptors (Lipinski definition) is 5.